The van der Waals surface area contributed by atoms with Crippen LogP contribution < -0.4 is 5.32 Å². The lowest BCUT2D eigenvalue weighted by Crippen LogP contribution is -2.30. The van der Waals surface area contributed by atoms with Crippen molar-refractivity contribution in [3.63, 3.8) is 0 Å². The van der Waals surface area contributed by atoms with Gasteiger partial charge in [0, 0.05) is 25.4 Å². The van der Waals surface area contributed by atoms with Gasteiger partial charge in [-0.25, -0.2) is 4.98 Å². The zero-order valence-electron chi connectivity index (χ0n) is 8.87. The number of aromatic nitrogens is 2. The van der Waals surface area contributed by atoms with Crippen molar-refractivity contribution >= 4 is 0 Å². The topological polar surface area (TPSA) is 29.9 Å². The quantitative estimate of drug-likeness (QED) is 0.787. The number of piperidine rings is 1. The van der Waals surface area contributed by atoms with Crippen molar-refractivity contribution in [1.82, 2.24) is 14.9 Å². The highest BCUT2D eigenvalue weighted by Crippen LogP contribution is 2.15. The van der Waals surface area contributed by atoms with Crippen LogP contribution in [0.2, 0.25) is 0 Å². The van der Waals surface area contributed by atoms with Crippen molar-refractivity contribution in [1.29, 1.82) is 0 Å². The van der Waals surface area contributed by atoms with Gasteiger partial charge in [0.25, 0.3) is 0 Å². The van der Waals surface area contributed by atoms with E-state index in [1.165, 1.54) is 31.8 Å². The molecule has 0 spiro atoms. The Morgan fingerprint density at radius 3 is 3.00 bits per heavy atom. The number of imidazole rings is 1. The summed E-state index contributed by atoms with van der Waals surface area (Å²) >= 11 is 0. The molecule has 2 rings (SSSR count). The van der Waals surface area contributed by atoms with Gasteiger partial charge in [-0.15, -0.1) is 0 Å². The van der Waals surface area contributed by atoms with Crippen LogP contribution in [0.25, 0.3) is 0 Å². The lowest BCUT2D eigenvalue weighted by atomic mass is 9.98. The first-order chi connectivity index (χ1) is 6.90. The normalized spacial score (nSPS) is 18.6. The third kappa shape index (κ3) is 2.15. The molecular formula is C11H19N3. The summed E-state index contributed by atoms with van der Waals surface area (Å²) in [7, 11) is 0. The summed E-state index contributed by atoms with van der Waals surface area (Å²) in [5.41, 5.74) is 0. The predicted molar refractivity (Wildman–Crippen MR) is 57.2 cm³/mol. The van der Waals surface area contributed by atoms with E-state index in [9.17, 15) is 0 Å². The minimum Gasteiger partial charge on any atom is -0.335 e. The maximum atomic E-state index is 4.35. The van der Waals surface area contributed by atoms with Crippen molar-refractivity contribution in [2.45, 2.75) is 32.7 Å². The molecule has 1 aliphatic rings. The van der Waals surface area contributed by atoms with Crippen molar-refractivity contribution in [3.05, 3.63) is 18.2 Å². The van der Waals surface area contributed by atoms with Crippen molar-refractivity contribution in [3.8, 4) is 0 Å². The van der Waals surface area contributed by atoms with Gasteiger partial charge in [0.05, 0.1) is 0 Å². The molecule has 0 aliphatic carbocycles. The molecule has 3 heteroatoms. The Morgan fingerprint density at radius 2 is 2.29 bits per heavy atom. The van der Waals surface area contributed by atoms with Crippen LogP contribution in [0.4, 0.5) is 0 Å². The third-order valence-corrected chi connectivity index (χ3v) is 3.03. The number of aryl methyl sites for hydroxylation is 1. The minimum atomic E-state index is 0.843. The highest BCUT2D eigenvalue weighted by Gasteiger charge is 2.14. The van der Waals surface area contributed by atoms with Gasteiger partial charge in [0.1, 0.15) is 5.82 Å². The van der Waals surface area contributed by atoms with Crippen LogP contribution in [-0.2, 0) is 13.0 Å². The molecule has 1 aliphatic heterocycles. The number of hydrogen-bond acceptors (Lipinski definition) is 2. The lowest BCUT2D eigenvalue weighted by molar-refractivity contribution is 0.330. The van der Waals surface area contributed by atoms with Crippen molar-refractivity contribution in [2.75, 3.05) is 13.1 Å². The van der Waals surface area contributed by atoms with Gasteiger partial charge >= 0.3 is 0 Å². The van der Waals surface area contributed by atoms with Gasteiger partial charge < -0.3 is 9.88 Å². The smallest absolute Gasteiger partial charge is 0.108 e. The number of rotatable bonds is 3. The molecule has 0 amide bonds. The van der Waals surface area contributed by atoms with E-state index in [1.807, 2.05) is 6.20 Å². The fraction of sp³-hybridized carbons (Fsp3) is 0.727. The highest BCUT2D eigenvalue weighted by atomic mass is 15.1. The summed E-state index contributed by atoms with van der Waals surface area (Å²) < 4.78 is 2.32. The average Bonchev–Trinajstić information content (AvgIpc) is 2.67. The largest absolute Gasteiger partial charge is 0.335 e. The molecule has 0 saturated carbocycles. The van der Waals surface area contributed by atoms with Crippen LogP contribution >= 0.6 is 0 Å². The van der Waals surface area contributed by atoms with Crippen LogP contribution in [0.15, 0.2) is 12.4 Å². The molecule has 1 aromatic rings. The second-order valence-corrected chi connectivity index (χ2v) is 4.04. The molecule has 0 unspecified atom stereocenters. The van der Waals surface area contributed by atoms with Crippen LogP contribution in [0.3, 0.4) is 0 Å². The zero-order chi connectivity index (χ0) is 9.80. The maximum absolute atomic E-state index is 4.35. The average molecular weight is 193 g/mol. The summed E-state index contributed by atoms with van der Waals surface area (Å²) in [6.45, 7) is 5.69. The molecule has 0 radical (unpaired) electrons. The Kier molecular flexibility index (Phi) is 3.19. The Morgan fingerprint density at radius 1 is 1.50 bits per heavy atom. The van der Waals surface area contributed by atoms with E-state index >= 15 is 0 Å². The Labute approximate surface area is 85.5 Å². The maximum Gasteiger partial charge on any atom is 0.108 e. The molecule has 0 atom stereocenters. The van der Waals surface area contributed by atoms with Crippen molar-refractivity contribution < 1.29 is 0 Å². The summed E-state index contributed by atoms with van der Waals surface area (Å²) in [6, 6.07) is 0. The number of nitrogens with zero attached hydrogens (tertiary/aromatic N) is 2. The molecule has 14 heavy (non-hydrogen) atoms. The van der Waals surface area contributed by atoms with Crippen LogP contribution in [0.1, 0.15) is 25.6 Å². The van der Waals surface area contributed by atoms with E-state index in [-0.39, 0.29) is 0 Å². The van der Waals surface area contributed by atoms with Gasteiger partial charge in [0.2, 0.25) is 0 Å². The van der Waals surface area contributed by atoms with Crippen molar-refractivity contribution in [2.24, 2.45) is 5.92 Å². The fourth-order valence-electron chi connectivity index (χ4n) is 2.16. The highest BCUT2D eigenvalue weighted by molar-refractivity contribution is 4.92. The second kappa shape index (κ2) is 4.60. The summed E-state index contributed by atoms with van der Waals surface area (Å²) in [5.74, 6) is 2.07. The molecule has 0 bridgehead atoms. The van der Waals surface area contributed by atoms with E-state index < -0.39 is 0 Å². The number of hydrogen-bond donors (Lipinski definition) is 1. The Bertz CT molecular complexity index is 274. The molecule has 1 N–H and O–H groups in total. The van der Waals surface area contributed by atoms with Gasteiger partial charge in [-0.2, -0.15) is 0 Å². The monoisotopic (exact) mass is 193 g/mol. The van der Waals surface area contributed by atoms with Gasteiger partial charge in [0.15, 0.2) is 0 Å². The lowest BCUT2D eigenvalue weighted by Gasteiger charge is -2.23. The van der Waals surface area contributed by atoms with E-state index in [1.54, 1.807) is 0 Å². The van der Waals surface area contributed by atoms with E-state index in [0.29, 0.717) is 0 Å². The summed E-state index contributed by atoms with van der Waals surface area (Å²) in [5, 5.41) is 3.40. The van der Waals surface area contributed by atoms with E-state index in [2.05, 4.69) is 28.0 Å². The molecule has 0 aromatic carbocycles. The SMILES string of the molecule is CCc1nccn1CC1CCNCC1. The first-order valence-electron chi connectivity index (χ1n) is 5.61. The second-order valence-electron chi connectivity index (χ2n) is 4.04. The molecule has 1 fully saturated rings. The number of nitrogens with one attached hydrogen (secondary N) is 1. The first kappa shape index (κ1) is 9.71. The standard InChI is InChI=1S/C11H19N3/c1-2-11-13-7-8-14(11)9-10-3-5-12-6-4-10/h7-8,10,12H,2-6,9H2,1H3. The third-order valence-electron chi connectivity index (χ3n) is 3.03. The van der Waals surface area contributed by atoms with Gasteiger partial charge in [-0.05, 0) is 31.8 Å². The molecular weight excluding hydrogens is 174 g/mol. The fourth-order valence-corrected chi connectivity index (χ4v) is 2.16. The molecule has 2 heterocycles. The minimum absolute atomic E-state index is 0.843. The summed E-state index contributed by atoms with van der Waals surface area (Å²) in [6.07, 6.45) is 7.68. The molecule has 3 nitrogen and oxygen atoms in total. The van der Waals surface area contributed by atoms with Crippen LogP contribution in [0.5, 0.6) is 0 Å². The molecule has 1 aromatic heterocycles. The molecule has 1 saturated heterocycles. The van der Waals surface area contributed by atoms with Crippen LogP contribution in [-0.4, -0.2) is 22.6 Å². The summed E-state index contributed by atoms with van der Waals surface area (Å²) in [4.78, 5) is 4.35. The Hall–Kier alpha value is -0.830. The molecule has 78 valence electrons. The van der Waals surface area contributed by atoms with Crippen LogP contribution in [0, 0.1) is 5.92 Å². The van der Waals surface area contributed by atoms with E-state index in [4.69, 9.17) is 0 Å². The predicted octanol–water partition coefficient (Wildman–Crippen LogP) is 1.45. The first-order valence-corrected chi connectivity index (χ1v) is 5.61. The van der Waals surface area contributed by atoms with Gasteiger partial charge in [-0.1, -0.05) is 6.92 Å². The van der Waals surface area contributed by atoms with Gasteiger partial charge in [-0.3, -0.25) is 0 Å². The zero-order valence-corrected chi connectivity index (χ0v) is 8.87. The van der Waals surface area contributed by atoms with E-state index in [0.717, 1.165) is 18.9 Å². The Balaban J connectivity index is 1.95.